The summed E-state index contributed by atoms with van der Waals surface area (Å²) in [5.41, 5.74) is -0.235. The van der Waals surface area contributed by atoms with Gasteiger partial charge < -0.3 is 14.6 Å². The third-order valence-electron chi connectivity index (χ3n) is 2.01. The smallest absolute Gasteiger partial charge is 0.423 e. The molecule has 0 aromatic carbocycles. The van der Waals surface area contributed by atoms with Crippen LogP contribution in [-0.4, -0.2) is 42.2 Å². The van der Waals surface area contributed by atoms with Gasteiger partial charge in [0.2, 0.25) is 5.56 Å². The van der Waals surface area contributed by atoms with Gasteiger partial charge in [-0.1, -0.05) is 6.07 Å². The number of aryl methyl sites for hydroxylation is 1. The summed E-state index contributed by atoms with van der Waals surface area (Å²) in [6.07, 6.45) is 2.31. The summed E-state index contributed by atoms with van der Waals surface area (Å²) < 4.78 is 23.0. The molecule has 0 spiro atoms. The Kier molecular flexibility index (Phi) is 3.90. The average Bonchev–Trinajstić information content (AvgIpc) is 2.14. The summed E-state index contributed by atoms with van der Waals surface area (Å²) in [5, 5.41) is 17.8. The number of hydrogen-bond donors (Lipinski definition) is 2. The van der Waals surface area contributed by atoms with Crippen LogP contribution in [0.2, 0.25) is 0 Å². The van der Waals surface area contributed by atoms with E-state index >= 15 is 0 Å². The molecule has 1 aromatic heterocycles. The van der Waals surface area contributed by atoms with Crippen LogP contribution in [-0.2, 0) is 16.4 Å². The van der Waals surface area contributed by atoms with Crippen molar-refractivity contribution in [2.75, 3.05) is 12.0 Å². The number of aromatic nitrogens is 1. The summed E-state index contributed by atoms with van der Waals surface area (Å²) in [5.74, 6) is -0.169. The lowest BCUT2D eigenvalue weighted by Crippen LogP contribution is -2.35. The Bertz CT molecular complexity index is 521. The van der Waals surface area contributed by atoms with E-state index in [2.05, 4.69) is 0 Å². The zero-order chi connectivity index (χ0) is 12.3. The first-order chi connectivity index (χ1) is 7.29. The number of sulfone groups is 1. The van der Waals surface area contributed by atoms with E-state index in [1.54, 1.807) is 0 Å². The van der Waals surface area contributed by atoms with Gasteiger partial charge in [-0.3, -0.25) is 4.79 Å². The molecule has 0 saturated heterocycles. The fourth-order valence-corrected chi connectivity index (χ4v) is 1.67. The Morgan fingerprint density at radius 2 is 2.00 bits per heavy atom. The van der Waals surface area contributed by atoms with Gasteiger partial charge in [-0.05, 0) is 5.46 Å². The summed E-state index contributed by atoms with van der Waals surface area (Å²) in [6.45, 7) is -0.00176. The SMILES string of the molecule is CS(=O)(=O)CCn1cc(B(O)O)ccc1=O. The minimum atomic E-state index is -3.16. The second kappa shape index (κ2) is 4.81. The van der Waals surface area contributed by atoms with Gasteiger partial charge in [-0.2, -0.15) is 0 Å². The van der Waals surface area contributed by atoms with Crippen LogP contribution in [0.4, 0.5) is 0 Å². The summed E-state index contributed by atoms with van der Waals surface area (Å²) in [4.78, 5) is 11.3. The lowest BCUT2D eigenvalue weighted by Gasteiger charge is -2.06. The van der Waals surface area contributed by atoms with Crippen molar-refractivity contribution >= 4 is 22.4 Å². The van der Waals surface area contributed by atoms with Crippen LogP contribution in [0.15, 0.2) is 23.1 Å². The van der Waals surface area contributed by atoms with E-state index in [9.17, 15) is 13.2 Å². The standard InChI is InChI=1S/C8H12BNO5S/c1-16(14,15)5-4-10-6-7(9(12)13)2-3-8(10)11/h2-3,6,12-13H,4-5H2,1H3. The van der Waals surface area contributed by atoms with Crippen molar-refractivity contribution in [3.8, 4) is 0 Å². The molecule has 6 nitrogen and oxygen atoms in total. The van der Waals surface area contributed by atoms with Crippen molar-refractivity contribution in [2.24, 2.45) is 0 Å². The molecule has 2 N–H and O–H groups in total. The molecule has 0 fully saturated rings. The second-order valence-corrected chi connectivity index (χ2v) is 5.76. The van der Waals surface area contributed by atoms with Gasteiger partial charge in [-0.25, -0.2) is 8.42 Å². The van der Waals surface area contributed by atoms with Crippen LogP contribution in [0.25, 0.3) is 0 Å². The van der Waals surface area contributed by atoms with Crippen LogP contribution >= 0.6 is 0 Å². The van der Waals surface area contributed by atoms with Crippen LogP contribution in [0.1, 0.15) is 0 Å². The van der Waals surface area contributed by atoms with E-state index in [-0.39, 0.29) is 23.3 Å². The van der Waals surface area contributed by atoms with E-state index < -0.39 is 17.0 Å². The topological polar surface area (TPSA) is 96.6 Å². The molecule has 0 bridgehead atoms. The number of hydrogen-bond acceptors (Lipinski definition) is 5. The van der Waals surface area contributed by atoms with Crippen LogP contribution in [0.3, 0.4) is 0 Å². The predicted molar refractivity (Wildman–Crippen MR) is 60.2 cm³/mol. The normalized spacial score (nSPS) is 11.4. The minimum Gasteiger partial charge on any atom is -0.423 e. The van der Waals surface area contributed by atoms with E-state index in [4.69, 9.17) is 10.0 Å². The molecule has 0 radical (unpaired) electrons. The molecule has 1 heterocycles. The van der Waals surface area contributed by atoms with Crippen molar-refractivity contribution in [1.29, 1.82) is 0 Å². The van der Waals surface area contributed by atoms with Gasteiger partial charge >= 0.3 is 7.12 Å². The van der Waals surface area contributed by atoms with Crippen LogP contribution in [0.5, 0.6) is 0 Å². The van der Waals surface area contributed by atoms with Crippen LogP contribution in [0, 0.1) is 0 Å². The third-order valence-corrected chi connectivity index (χ3v) is 2.93. The van der Waals surface area contributed by atoms with Gasteiger partial charge in [0.1, 0.15) is 9.84 Å². The molecule has 0 unspecified atom stereocenters. The lowest BCUT2D eigenvalue weighted by molar-refractivity contribution is 0.425. The summed E-state index contributed by atoms with van der Waals surface area (Å²) in [6, 6.07) is 2.45. The molecule has 88 valence electrons. The van der Waals surface area contributed by atoms with E-state index in [0.29, 0.717) is 0 Å². The van der Waals surface area contributed by atoms with E-state index in [1.807, 2.05) is 0 Å². The molecular formula is C8H12BNO5S. The Labute approximate surface area is 93.2 Å². The van der Waals surface area contributed by atoms with Gasteiger partial charge in [0, 0.05) is 25.1 Å². The maximum Gasteiger partial charge on any atom is 0.489 e. The first-order valence-electron chi connectivity index (χ1n) is 4.54. The maximum atomic E-state index is 11.3. The molecule has 0 aliphatic heterocycles. The van der Waals surface area contributed by atoms with Gasteiger partial charge in [0.05, 0.1) is 5.75 Å². The quantitative estimate of drug-likeness (QED) is 0.575. The average molecular weight is 245 g/mol. The summed E-state index contributed by atoms with van der Waals surface area (Å²) in [7, 11) is -4.83. The highest BCUT2D eigenvalue weighted by atomic mass is 32.2. The molecule has 0 amide bonds. The zero-order valence-electron chi connectivity index (χ0n) is 8.70. The second-order valence-electron chi connectivity index (χ2n) is 3.50. The number of rotatable bonds is 4. The van der Waals surface area contributed by atoms with Crippen molar-refractivity contribution in [3.05, 3.63) is 28.7 Å². The van der Waals surface area contributed by atoms with Crippen molar-refractivity contribution in [1.82, 2.24) is 4.57 Å². The molecule has 16 heavy (non-hydrogen) atoms. The minimum absolute atomic E-state index is 0.00176. The third kappa shape index (κ3) is 3.80. The molecule has 0 saturated carbocycles. The number of nitrogens with zero attached hydrogens (tertiary/aromatic N) is 1. The predicted octanol–water partition coefficient (Wildman–Crippen LogP) is -2.43. The molecule has 8 heteroatoms. The fourth-order valence-electron chi connectivity index (χ4n) is 1.14. The fraction of sp³-hybridized carbons (Fsp3) is 0.375. The Morgan fingerprint density at radius 3 is 2.50 bits per heavy atom. The molecule has 0 aliphatic rings. The molecule has 1 aromatic rings. The molecule has 0 aliphatic carbocycles. The van der Waals surface area contributed by atoms with Gasteiger partial charge in [-0.15, -0.1) is 0 Å². The molecule has 1 rings (SSSR count). The Balaban J connectivity index is 2.95. The Morgan fingerprint density at radius 1 is 1.38 bits per heavy atom. The Hall–Kier alpha value is -1.12. The molecule has 0 atom stereocenters. The highest BCUT2D eigenvalue weighted by molar-refractivity contribution is 7.90. The largest absolute Gasteiger partial charge is 0.489 e. The first-order valence-corrected chi connectivity index (χ1v) is 6.60. The number of pyridine rings is 1. The van der Waals surface area contributed by atoms with Crippen molar-refractivity contribution in [3.63, 3.8) is 0 Å². The van der Waals surface area contributed by atoms with E-state index in [1.165, 1.54) is 12.3 Å². The van der Waals surface area contributed by atoms with Gasteiger partial charge in [0.15, 0.2) is 0 Å². The zero-order valence-corrected chi connectivity index (χ0v) is 9.51. The molecular weight excluding hydrogens is 233 g/mol. The van der Waals surface area contributed by atoms with Crippen molar-refractivity contribution < 1.29 is 18.5 Å². The highest BCUT2D eigenvalue weighted by Gasteiger charge is 2.12. The summed E-state index contributed by atoms with van der Waals surface area (Å²) >= 11 is 0. The highest BCUT2D eigenvalue weighted by Crippen LogP contribution is 1.87. The monoisotopic (exact) mass is 245 g/mol. The van der Waals surface area contributed by atoms with Gasteiger partial charge in [0.25, 0.3) is 0 Å². The maximum absolute atomic E-state index is 11.3. The van der Waals surface area contributed by atoms with Crippen LogP contribution < -0.4 is 11.0 Å². The van der Waals surface area contributed by atoms with E-state index in [0.717, 1.165) is 16.9 Å². The lowest BCUT2D eigenvalue weighted by atomic mass is 9.82. The van der Waals surface area contributed by atoms with Crippen molar-refractivity contribution in [2.45, 2.75) is 6.54 Å². The first kappa shape index (κ1) is 13.0.